The van der Waals surface area contributed by atoms with E-state index in [4.69, 9.17) is 0 Å². The van der Waals surface area contributed by atoms with E-state index in [9.17, 15) is 0 Å². The number of rotatable bonds is 6. The molecule has 0 spiro atoms. The van der Waals surface area contributed by atoms with E-state index in [-0.39, 0.29) is 0 Å². The van der Waals surface area contributed by atoms with Crippen LogP contribution in [0, 0.1) is 0 Å². The van der Waals surface area contributed by atoms with Crippen LogP contribution >= 0.6 is 27.7 Å². The van der Waals surface area contributed by atoms with Crippen molar-refractivity contribution in [1.82, 2.24) is 5.32 Å². The van der Waals surface area contributed by atoms with Crippen molar-refractivity contribution in [3.8, 4) is 0 Å². The first-order valence-electron chi connectivity index (χ1n) is 5.83. The van der Waals surface area contributed by atoms with Gasteiger partial charge in [0, 0.05) is 20.7 Å². The molecule has 2 atom stereocenters. The van der Waals surface area contributed by atoms with E-state index in [1.165, 1.54) is 11.3 Å². The highest BCUT2D eigenvalue weighted by molar-refractivity contribution is 9.10. The van der Waals surface area contributed by atoms with Gasteiger partial charge in [-0.25, -0.2) is 0 Å². The van der Waals surface area contributed by atoms with Gasteiger partial charge in [0.05, 0.1) is 0 Å². The predicted molar refractivity (Wildman–Crippen MR) is 77.2 cm³/mol. The SMILES string of the molecule is CCNC(CC)C(C)Sc1cccc(Br)c1. The smallest absolute Gasteiger partial charge is 0.0220 e. The monoisotopic (exact) mass is 301 g/mol. The zero-order valence-electron chi connectivity index (χ0n) is 10.2. The van der Waals surface area contributed by atoms with Gasteiger partial charge < -0.3 is 5.32 Å². The Morgan fingerprint density at radius 2 is 2.12 bits per heavy atom. The van der Waals surface area contributed by atoms with Crippen LogP contribution in [0.15, 0.2) is 33.6 Å². The minimum Gasteiger partial charge on any atom is -0.313 e. The summed E-state index contributed by atoms with van der Waals surface area (Å²) in [7, 11) is 0. The lowest BCUT2D eigenvalue weighted by Crippen LogP contribution is -2.35. The summed E-state index contributed by atoms with van der Waals surface area (Å²) in [5.41, 5.74) is 0. The van der Waals surface area contributed by atoms with Crippen LogP contribution in [0.3, 0.4) is 0 Å². The second-order valence-electron chi connectivity index (χ2n) is 3.85. The van der Waals surface area contributed by atoms with E-state index >= 15 is 0 Å². The Hall–Kier alpha value is 0.01000. The predicted octanol–water partition coefficient (Wildman–Crippen LogP) is 4.32. The Morgan fingerprint density at radius 1 is 1.38 bits per heavy atom. The maximum absolute atomic E-state index is 3.53. The van der Waals surface area contributed by atoms with Gasteiger partial charge in [-0.1, -0.05) is 42.8 Å². The van der Waals surface area contributed by atoms with Gasteiger partial charge in [-0.05, 0) is 31.2 Å². The molecule has 0 bridgehead atoms. The summed E-state index contributed by atoms with van der Waals surface area (Å²) in [6.07, 6.45) is 1.18. The third kappa shape index (κ3) is 4.48. The maximum atomic E-state index is 3.53. The average molecular weight is 302 g/mol. The molecule has 0 saturated carbocycles. The standard InChI is InChI=1S/C13H20BrNS/c1-4-13(15-5-2)10(3)16-12-8-6-7-11(14)9-12/h6-10,13,15H,4-5H2,1-3H3. The van der Waals surface area contributed by atoms with E-state index in [0.717, 1.165) is 11.0 Å². The summed E-state index contributed by atoms with van der Waals surface area (Å²) >= 11 is 5.45. The zero-order valence-corrected chi connectivity index (χ0v) is 12.6. The van der Waals surface area contributed by atoms with E-state index in [1.807, 2.05) is 11.8 Å². The van der Waals surface area contributed by atoms with Crippen LogP contribution in [0.2, 0.25) is 0 Å². The minimum atomic E-state index is 0.592. The molecular weight excluding hydrogens is 282 g/mol. The third-order valence-electron chi connectivity index (χ3n) is 2.59. The fourth-order valence-electron chi connectivity index (χ4n) is 1.74. The number of benzene rings is 1. The molecule has 0 aliphatic rings. The minimum absolute atomic E-state index is 0.592. The number of halogens is 1. The van der Waals surface area contributed by atoms with Crippen molar-refractivity contribution >= 4 is 27.7 Å². The summed E-state index contributed by atoms with van der Waals surface area (Å²) in [6, 6.07) is 9.10. The van der Waals surface area contributed by atoms with E-state index < -0.39 is 0 Å². The highest BCUT2D eigenvalue weighted by atomic mass is 79.9. The van der Waals surface area contributed by atoms with Crippen molar-refractivity contribution in [2.75, 3.05) is 6.54 Å². The van der Waals surface area contributed by atoms with Crippen molar-refractivity contribution in [2.24, 2.45) is 0 Å². The van der Waals surface area contributed by atoms with Crippen LogP contribution in [-0.4, -0.2) is 17.8 Å². The highest BCUT2D eigenvalue weighted by Crippen LogP contribution is 2.28. The molecule has 0 fully saturated rings. The lowest BCUT2D eigenvalue weighted by molar-refractivity contribution is 0.509. The van der Waals surface area contributed by atoms with Gasteiger partial charge in [-0.15, -0.1) is 11.8 Å². The molecule has 1 N–H and O–H groups in total. The molecule has 2 unspecified atom stereocenters. The topological polar surface area (TPSA) is 12.0 Å². The molecule has 0 radical (unpaired) electrons. The number of nitrogens with one attached hydrogen (secondary N) is 1. The number of hydrogen-bond donors (Lipinski definition) is 1. The molecule has 0 aliphatic carbocycles. The van der Waals surface area contributed by atoms with Crippen molar-refractivity contribution in [3.63, 3.8) is 0 Å². The van der Waals surface area contributed by atoms with E-state index in [2.05, 4.69) is 66.3 Å². The van der Waals surface area contributed by atoms with Crippen LogP contribution < -0.4 is 5.32 Å². The summed E-state index contributed by atoms with van der Waals surface area (Å²) in [5.74, 6) is 0. The molecule has 1 rings (SSSR count). The molecule has 16 heavy (non-hydrogen) atoms. The second kappa shape index (κ2) is 7.36. The summed E-state index contributed by atoms with van der Waals surface area (Å²) in [5, 5.41) is 4.13. The highest BCUT2D eigenvalue weighted by Gasteiger charge is 2.15. The first-order chi connectivity index (χ1) is 7.67. The normalized spacial score (nSPS) is 14.8. The van der Waals surface area contributed by atoms with Crippen molar-refractivity contribution < 1.29 is 0 Å². The Bertz CT molecular complexity index is 317. The van der Waals surface area contributed by atoms with Crippen molar-refractivity contribution in [3.05, 3.63) is 28.7 Å². The lowest BCUT2D eigenvalue weighted by atomic mass is 10.2. The van der Waals surface area contributed by atoms with Gasteiger partial charge in [0.25, 0.3) is 0 Å². The van der Waals surface area contributed by atoms with Crippen LogP contribution in [0.5, 0.6) is 0 Å². The Balaban J connectivity index is 2.58. The molecule has 0 aromatic heterocycles. The second-order valence-corrected chi connectivity index (χ2v) is 6.22. The molecule has 0 heterocycles. The first-order valence-corrected chi connectivity index (χ1v) is 7.50. The summed E-state index contributed by atoms with van der Waals surface area (Å²) < 4.78 is 1.15. The number of thioether (sulfide) groups is 1. The molecule has 1 aromatic rings. The maximum Gasteiger partial charge on any atom is 0.0220 e. The van der Waals surface area contributed by atoms with Gasteiger partial charge >= 0.3 is 0 Å². The van der Waals surface area contributed by atoms with Crippen molar-refractivity contribution in [2.45, 2.75) is 43.4 Å². The van der Waals surface area contributed by atoms with Gasteiger partial charge in [-0.2, -0.15) is 0 Å². The van der Waals surface area contributed by atoms with Gasteiger partial charge in [0.15, 0.2) is 0 Å². The average Bonchev–Trinajstić information content (AvgIpc) is 2.25. The van der Waals surface area contributed by atoms with Gasteiger partial charge in [0.1, 0.15) is 0 Å². The quantitative estimate of drug-likeness (QED) is 0.786. The van der Waals surface area contributed by atoms with Crippen molar-refractivity contribution in [1.29, 1.82) is 0 Å². The molecular formula is C13H20BrNS. The number of hydrogen-bond acceptors (Lipinski definition) is 2. The van der Waals surface area contributed by atoms with Gasteiger partial charge in [0.2, 0.25) is 0 Å². The van der Waals surface area contributed by atoms with Crippen LogP contribution in [-0.2, 0) is 0 Å². The van der Waals surface area contributed by atoms with Crippen LogP contribution in [0.4, 0.5) is 0 Å². The molecule has 1 aromatic carbocycles. The summed E-state index contributed by atoms with van der Waals surface area (Å²) in [6.45, 7) is 7.74. The van der Waals surface area contributed by atoms with Crippen LogP contribution in [0.25, 0.3) is 0 Å². The molecule has 0 saturated heterocycles. The molecule has 1 nitrogen and oxygen atoms in total. The molecule has 0 amide bonds. The van der Waals surface area contributed by atoms with E-state index in [0.29, 0.717) is 11.3 Å². The first kappa shape index (κ1) is 14.1. The lowest BCUT2D eigenvalue weighted by Gasteiger charge is -2.23. The Labute approximate surface area is 112 Å². The van der Waals surface area contributed by atoms with Gasteiger partial charge in [-0.3, -0.25) is 0 Å². The molecule has 90 valence electrons. The zero-order chi connectivity index (χ0) is 12.0. The summed E-state index contributed by atoms with van der Waals surface area (Å²) in [4.78, 5) is 1.33. The Morgan fingerprint density at radius 3 is 2.69 bits per heavy atom. The largest absolute Gasteiger partial charge is 0.313 e. The molecule has 0 aliphatic heterocycles. The molecule has 3 heteroatoms. The fraction of sp³-hybridized carbons (Fsp3) is 0.538. The van der Waals surface area contributed by atoms with Crippen LogP contribution in [0.1, 0.15) is 27.2 Å². The fourth-order valence-corrected chi connectivity index (χ4v) is 3.53. The Kier molecular flexibility index (Phi) is 6.47. The third-order valence-corrected chi connectivity index (χ3v) is 4.31. The van der Waals surface area contributed by atoms with E-state index in [1.54, 1.807) is 0 Å².